The van der Waals surface area contributed by atoms with Gasteiger partial charge in [-0.25, -0.2) is 0 Å². The predicted octanol–water partition coefficient (Wildman–Crippen LogP) is 2.40. The van der Waals surface area contributed by atoms with Gasteiger partial charge in [-0.3, -0.25) is 4.79 Å². The highest BCUT2D eigenvalue weighted by molar-refractivity contribution is 5.95. The Morgan fingerprint density at radius 1 is 1.08 bits per heavy atom. The maximum absolute atomic E-state index is 13.0. The fraction of sp³-hybridized carbons (Fsp3) is 0.350. The number of carbonyl (C=O) groups is 1. The predicted molar refractivity (Wildman–Crippen MR) is 102 cm³/mol. The molecule has 2 aromatic rings. The van der Waals surface area contributed by atoms with Crippen LogP contribution in [0.4, 0.5) is 5.69 Å². The van der Waals surface area contributed by atoms with E-state index in [-0.39, 0.29) is 19.1 Å². The standard InChI is InChI=1S/C20H26N2O4/c1-21(2)17-7-5-6-15(12-17)20(24)22(10-11-23)14-16-8-9-18(25-3)13-19(16)26-4/h5-9,12-13,23H,10-11,14H2,1-4H3. The maximum Gasteiger partial charge on any atom is 0.254 e. The van der Waals surface area contributed by atoms with Crippen LogP contribution in [-0.4, -0.2) is 57.4 Å². The van der Waals surface area contributed by atoms with Crippen LogP contribution in [0.2, 0.25) is 0 Å². The summed E-state index contributed by atoms with van der Waals surface area (Å²) < 4.78 is 10.6. The molecular weight excluding hydrogens is 332 g/mol. The van der Waals surface area contributed by atoms with E-state index in [1.54, 1.807) is 31.3 Å². The number of nitrogens with zero attached hydrogens (tertiary/aromatic N) is 2. The molecule has 0 spiro atoms. The number of amides is 1. The third-order valence-electron chi connectivity index (χ3n) is 4.12. The van der Waals surface area contributed by atoms with E-state index in [4.69, 9.17) is 9.47 Å². The van der Waals surface area contributed by atoms with Crippen LogP contribution in [0.5, 0.6) is 11.5 Å². The summed E-state index contributed by atoms with van der Waals surface area (Å²) in [6.45, 7) is 0.455. The number of hydrogen-bond donors (Lipinski definition) is 1. The second kappa shape index (κ2) is 9.10. The van der Waals surface area contributed by atoms with Crippen LogP contribution in [0.25, 0.3) is 0 Å². The van der Waals surface area contributed by atoms with Gasteiger partial charge in [0.15, 0.2) is 0 Å². The summed E-state index contributed by atoms with van der Waals surface area (Å²) in [5, 5.41) is 9.41. The van der Waals surface area contributed by atoms with Gasteiger partial charge in [-0.1, -0.05) is 6.07 Å². The molecule has 0 heterocycles. The Hall–Kier alpha value is -2.73. The van der Waals surface area contributed by atoms with Crippen LogP contribution < -0.4 is 14.4 Å². The fourth-order valence-electron chi connectivity index (χ4n) is 2.66. The van der Waals surface area contributed by atoms with Crippen LogP contribution in [0.1, 0.15) is 15.9 Å². The summed E-state index contributed by atoms with van der Waals surface area (Å²) in [4.78, 5) is 16.5. The molecule has 6 nitrogen and oxygen atoms in total. The Morgan fingerprint density at radius 2 is 1.85 bits per heavy atom. The van der Waals surface area contributed by atoms with Crippen molar-refractivity contribution >= 4 is 11.6 Å². The summed E-state index contributed by atoms with van der Waals surface area (Å²) in [6, 6.07) is 12.9. The van der Waals surface area contributed by atoms with Crippen LogP contribution in [-0.2, 0) is 6.54 Å². The maximum atomic E-state index is 13.0. The van der Waals surface area contributed by atoms with E-state index in [2.05, 4.69) is 0 Å². The topological polar surface area (TPSA) is 62.2 Å². The second-order valence-corrected chi connectivity index (χ2v) is 6.07. The van der Waals surface area contributed by atoms with Crippen molar-refractivity contribution in [1.82, 2.24) is 4.90 Å². The molecule has 0 aliphatic heterocycles. The zero-order valence-electron chi connectivity index (χ0n) is 15.7. The molecule has 0 saturated heterocycles. The largest absolute Gasteiger partial charge is 0.497 e. The van der Waals surface area contributed by atoms with Gasteiger partial charge < -0.3 is 24.4 Å². The molecule has 0 aromatic heterocycles. The van der Waals surface area contributed by atoms with Crippen LogP contribution in [0.3, 0.4) is 0 Å². The molecule has 6 heteroatoms. The van der Waals surface area contributed by atoms with Crippen molar-refractivity contribution in [2.24, 2.45) is 0 Å². The van der Waals surface area contributed by atoms with E-state index in [9.17, 15) is 9.90 Å². The first-order valence-electron chi connectivity index (χ1n) is 8.38. The highest BCUT2D eigenvalue weighted by atomic mass is 16.5. The molecule has 0 unspecified atom stereocenters. The molecular formula is C20H26N2O4. The van der Waals surface area contributed by atoms with E-state index in [1.807, 2.05) is 49.3 Å². The Morgan fingerprint density at radius 3 is 2.46 bits per heavy atom. The van der Waals surface area contributed by atoms with Gasteiger partial charge in [0.1, 0.15) is 11.5 Å². The van der Waals surface area contributed by atoms with Crippen molar-refractivity contribution in [3.05, 3.63) is 53.6 Å². The van der Waals surface area contributed by atoms with Crippen molar-refractivity contribution in [2.45, 2.75) is 6.54 Å². The lowest BCUT2D eigenvalue weighted by atomic mass is 10.1. The normalized spacial score (nSPS) is 10.3. The SMILES string of the molecule is COc1ccc(CN(CCO)C(=O)c2cccc(N(C)C)c2)c(OC)c1. The summed E-state index contributed by atoms with van der Waals surface area (Å²) in [7, 11) is 7.03. The number of methoxy groups -OCH3 is 2. The summed E-state index contributed by atoms with van der Waals surface area (Å²) >= 11 is 0. The molecule has 2 rings (SSSR count). The number of anilines is 1. The second-order valence-electron chi connectivity index (χ2n) is 6.07. The molecule has 0 saturated carbocycles. The van der Waals surface area contributed by atoms with E-state index in [0.29, 0.717) is 23.6 Å². The number of hydrogen-bond acceptors (Lipinski definition) is 5. The number of carbonyl (C=O) groups excluding carboxylic acids is 1. The van der Waals surface area contributed by atoms with Gasteiger partial charge in [0.05, 0.1) is 20.8 Å². The molecule has 1 amide bonds. The summed E-state index contributed by atoms with van der Waals surface area (Å²) in [6.07, 6.45) is 0. The Balaban J connectivity index is 2.28. The Kier molecular flexibility index (Phi) is 6.86. The van der Waals surface area contributed by atoms with E-state index >= 15 is 0 Å². The Labute approximate surface area is 154 Å². The average Bonchev–Trinajstić information content (AvgIpc) is 2.67. The lowest BCUT2D eigenvalue weighted by Gasteiger charge is -2.24. The molecule has 2 aromatic carbocycles. The smallest absolute Gasteiger partial charge is 0.254 e. The molecule has 26 heavy (non-hydrogen) atoms. The van der Waals surface area contributed by atoms with Gasteiger partial charge in [-0.2, -0.15) is 0 Å². The van der Waals surface area contributed by atoms with Gasteiger partial charge in [0, 0.05) is 50.1 Å². The molecule has 0 bridgehead atoms. The van der Waals surface area contributed by atoms with Crippen molar-refractivity contribution in [3.63, 3.8) is 0 Å². The van der Waals surface area contributed by atoms with Gasteiger partial charge in [0.25, 0.3) is 5.91 Å². The van der Waals surface area contributed by atoms with Crippen molar-refractivity contribution < 1.29 is 19.4 Å². The minimum Gasteiger partial charge on any atom is -0.497 e. The fourth-order valence-corrected chi connectivity index (χ4v) is 2.66. The monoisotopic (exact) mass is 358 g/mol. The third-order valence-corrected chi connectivity index (χ3v) is 4.12. The molecule has 0 fully saturated rings. The average molecular weight is 358 g/mol. The van der Waals surface area contributed by atoms with E-state index in [0.717, 1.165) is 11.3 Å². The number of benzene rings is 2. The lowest BCUT2D eigenvalue weighted by molar-refractivity contribution is 0.0706. The molecule has 0 aliphatic carbocycles. The number of aliphatic hydroxyl groups excluding tert-OH is 1. The van der Waals surface area contributed by atoms with Crippen molar-refractivity contribution in [2.75, 3.05) is 46.4 Å². The van der Waals surface area contributed by atoms with Crippen molar-refractivity contribution in [3.8, 4) is 11.5 Å². The highest BCUT2D eigenvalue weighted by Crippen LogP contribution is 2.26. The quantitative estimate of drug-likeness (QED) is 0.785. The zero-order chi connectivity index (χ0) is 19.1. The number of ether oxygens (including phenoxy) is 2. The molecule has 0 atom stereocenters. The number of rotatable bonds is 8. The number of aliphatic hydroxyl groups is 1. The van der Waals surface area contributed by atoms with Gasteiger partial charge in [-0.05, 0) is 30.3 Å². The molecule has 0 radical (unpaired) electrons. The summed E-state index contributed by atoms with van der Waals surface area (Å²) in [5.74, 6) is 1.19. The zero-order valence-corrected chi connectivity index (χ0v) is 15.7. The van der Waals surface area contributed by atoms with E-state index in [1.165, 1.54) is 0 Å². The minimum absolute atomic E-state index is 0.114. The lowest BCUT2D eigenvalue weighted by Crippen LogP contribution is -2.33. The third kappa shape index (κ3) is 4.67. The van der Waals surface area contributed by atoms with E-state index < -0.39 is 0 Å². The molecule has 1 N–H and O–H groups in total. The van der Waals surface area contributed by atoms with Gasteiger partial charge in [0.2, 0.25) is 0 Å². The van der Waals surface area contributed by atoms with Crippen LogP contribution >= 0.6 is 0 Å². The van der Waals surface area contributed by atoms with Crippen molar-refractivity contribution in [1.29, 1.82) is 0 Å². The first kappa shape index (κ1) is 19.6. The van der Waals surface area contributed by atoms with Crippen LogP contribution in [0, 0.1) is 0 Å². The first-order chi connectivity index (χ1) is 12.5. The van der Waals surface area contributed by atoms with Crippen LogP contribution in [0.15, 0.2) is 42.5 Å². The minimum atomic E-state index is -0.138. The van der Waals surface area contributed by atoms with Gasteiger partial charge >= 0.3 is 0 Å². The molecule has 0 aliphatic rings. The van der Waals surface area contributed by atoms with Gasteiger partial charge in [-0.15, -0.1) is 0 Å². The molecule has 140 valence electrons. The first-order valence-corrected chi connectivity index (χ1v) is 8.38. The Bertz CT molecular complexity index is 746. The summed E-state index contributed by atoms with van der Waals surface area (Å²) in [5.41, 5.74) is 2.37. The highest BCUT2D eigenvalue weighted by Gasteiger charge is 2.18.